The Bertz CT molecular complexity index is 525. The van der Waals surface area contributed by atoms with E-state index in [0.29, 0.717) is 23.7 Å². The molecule has 2 aromatic rings. The highest BCUT2D eigenvalue weighted by Crippen LogP contribution is 2.31. The van der Waals surface area contributed by atoms with Gasteiger partial charge in [-0.05, 0) is 19.1 Å². The van der Waals surface area contributed by atoms with E-state index in [2.05, 4.69) is 10.1 Å². The van der Waals surface area contributed by atoms with Gasteiger partial charge in [-0.1, -0.05) is 5.16 Å². The first-order valence-electron chi connectivity index (χ1n) is 5.52. The second kappa shape index (κ2) is 5.50. The molecule has 0 fully saturated rings. The van der Waals surface area contributed by atoms with Crippen molar-refractivity contribution >= 4 is 0 Å². The Morgan fingerprint density at radius 2 is 2.22 bits per heavy atom. The Hall–Kier alpha value is -2.08. The molecule has 1 N–H and O–H groups in total. The second-order valence-electron chi connectivity index (χ2n) is 3.54. The van der Waals surface area contributed by atoms with Crippen LogP contribution in [0.3, 0.4) is 0 Å². The molecule has 0 spiro atoms. The van der Waals surface area contributed by atoms with Crippen molar-refractivity contribution in [3.63, 3.8) is 0 Å². The minimum Gasteiger partial charge on any atom is -0.507 e. The summed E-state index contributed by atoms with van der Waals surface area (Å²) in [5, 5.41) is 13.6. The fourth-order valence-electron chi connectivity index (χ4n) is 1.43. The van der Waals surface area contributed by atoms with Crippen LogP contribution in [0, 0.1) is 0 Å². The number of benzene rings is 1. The molecule has 0 aliphatic rings. The number of phenolic OH excluding ortho intramolecular Hbond substituents is 1. The molecule has 0 amide bonds. The molecule has 96 valence electrons. The Balaban J connectivity index is 2.23. The molecule has 0 atom stereocenters. The fourth-order valence-corrected chi connectivity index (χ4v) is 1.43. The second-order valence-corrected chi connectivity index (χ2v) is 3.54. The monoisotopic (exact) mass is 250 g/mol. The van der Waals surface area contributed by atoms with E-state index in [0.717, 1.165) is 0 Å². The van der Waals surface area contributed by atoms with Crippen LogP contribution >= 0.6 is 0 Å². The molecule has 0 saturated heterocycles. The van der Waals surface area contributed by atoms with Crippen LogP contribution in [-0.4, -0.2) is 29.0 Å². The summed E-state index contributed by atoms with van der Waals surface area (Å²) in [6.07, 6.45) is 0. The normalized spacial score (nSPS) is 10.6. The Morgan fingerprint density at radius 3 is 2.89 bits per heavy atom. The molecule has 0 saturated carbocycles. The van der Waals surface area contributed by atoms with Crippen molar-refractivity contribution < 1.29 is 19.1 Å². The van der Waals surface area contributed by atoms with Crippen molar-refractivity contribution in [3.05, 3.63) is 24.0 Å². The van der Waals surface area contributed by atoms with E-state index < -0.39 is 0 Å². The number of nitrogens with zero attached hydrogens (tertiary/aromatic N) is 2. The van der Waals surface area contributed by atoms with Crippen molar-refractivity contribution in [1.82, 2.24) is 10.1 Å². The predicted octanol–water partition coefficient (Wildman–Crippen LogP) is 1.99. The maximum Gasteiger partial charge on any atom is 0.261 e. The first-order chi connectivity index (χ1) is 8.74. The van der Waals surface area contributed by atoms with Gasteiger partial charge in [0.1, 0.15) is 18.1 Å². The first kappa shape index (κ1) is 12.4. The topological polar surface area (TPSA) is 77.6 Å². The lowest BCUT2D eigenvalue weighted by Gasteiger charge is -2.02. The summed E-state index contributed by atoms with van der Waals surface area (Å²) in [7, 11) is 1.53. The van der Waals surface area contributed by atoms with Crippen LogP contribution in [0.2, 0.25) is 0 Å². The van der Waals surface area contributed by atoms with Crippen molar-refractivity contribution in [3.8, 4) is 23.0 Å². The van der Waals surface area contributed by atoms with Gasteiger partial charge in [0, 0.05) is 12.7 Å². The summed E-state index contributed by atoms with van der Waals surface area (Å²) >= 11 is 0. The molecule has 2 rings (SSSR count). The van der Waals surface area contributed by atoms with E-state index in [1.54, 1.807) is 12.1 Å². The molecule has 1 aromatic carbocycles. The van der Waals surface area contributed by atoms with Crippen molar-refractivity contribution in [2.75, 3.05) is 13.7 Å². The van der Waals surface area contributed by atoms with Crippen molar-refractivity contribution in [2.45, 2.75) is 13.5 Å². The summed E-state index contributed by atoms with van der Waals surface area (Å²) in [4.78, 5) is 4.13. The van der Waals surface area contributed by atoms with Gasteiger partial charge in [0.15, 0.2) is 5.82 Å². The van der Waals surface area contributed by atoms with Crippen LogP contribution in [0.15, 0.2) is 22.7 Å². The zero-order chi connectivity index (χ0) is 13.0. The van der Waals surface area contributed by atoms with Crippen LogP contribution in [0.1, 0.15) is 12.7 Å². The molecule has 6 heteroatoms. The highest BCUT2D eigenvalue weighted by atomic mass is 16.5. The Labute approximate surface area is 104 Å². The van der Waals surface area contributed by atoms with E-state index in [1.165, 1.54) is 13.2 Å². The van der Waals surface area contributed by atoms with Gasteiger partial charge in [-0.15, -0.1) is 0 Å². The molecule has 6 nitrogen and oxygen atoms in total. The standard InChI is InChI=1S/C12H14N2O4/c1-3-17-7-11-13-12(18-14-11)9-5-4-8(16-2)6-10(9)15/h4-6,15H,3,7H2,1-2H3. The van der Waals surface area contributed by atoms with E-state index >= 15 is 0 Å². The third kappa shape index (κ3) is 2.60. The van der Waals surface area contributed by atoms with Gasteiger partial charge in [-0.25, -0.2) is 0 Å². The summed E-state index contributed by atoms with van der Waals surface area (Å²) in [6, 6.07) is 4.86. The van der Waals surface area contributed by atoms with Gasteiger partial charge in [0.25, 0.3) is 5.89 Å². The van der Waals surface area contributed by atoms with Gasteiger partial charge < -0.3 is 19.1 Å². The highest BCUT2D eigenvalue weighted by Gasteiger charge is 2.13. The number of methoxy groups -OCH3 is 1. The molecule has 1 heterocycles. The number of hydrogen-bond acceptors (Lipinski definition) is 6. The molecular formula is C12H14N2O4. The average molecular weight is 250 g/mol. The maximum absolute atomic E-state index is 9.82. The van der Waals surface area contributed by atoms with Crippen LogP contribution in [0.4, 0.5) is 0 Å². The average Bonchev–Trinajstić information content (AvgIpc) is 2.84. The number of ether oxygens (including phenoxy) is 2. The largest absolute Gasteiger partial charge is 0.507 e. The lowest BCUT2D eigenvalue weighted by Crippen LogP contribution is -1.93. The zero-order valence-electron chi connectivity index (χ0n) is 10.2. The minimum atomic E-state index is 0.0287. The van der Waals surface area contributed by atoms with Crippen LogP contribution < -0.4 is 4.74 Å². The van der Waals surface area contributed by atoms with Crippen molar-refractivity contribution in [2.24, 2.45) is 0 Å². The number of phenols is 1. The van der Waals surface area contributed by atoms with Crippen molar-refractivity contribution in [1.29, 1.82) is 0 Å². The van der Waals surface area contributed by atoms with E-state index in [-0.39, 0.29) is 18.2 Å². The number of aromatic nitrogens is 2. The lowest BCUT2D eigenvalue weighted by atomic mass is 10.2. The summed E-state index contributed by atoms with van der Waals surface area (Å²) in [5.41, 5.74) is 0.464. The molecule has 18 heavy (non-hydrogen) atoms. The van der Waals surface area contributed by atoms with Crippen LogP contribution in [-0.2, 0) is 11.3 Å². The van der Waals surface area contributed by atoms with Gasteiger partial charge in [-0.2, -0.15) is 4.98 Å². The van der Waals surface area contributed by atoms with E-state index in [4.69, 9.17) is 14.0 Å². The summed E-state index contributed by atoms with van der Waals surface area (Å²) in [6.45, 7) is 2.75. The van der Waals surface area contributed by atoms with Crippen LogP contribution in [0.5, 0.6) is 11.5 Å². The fraction of sp³-hybridized carbons (Fsp3) is 0.333. The number of rotatable bonds is 5. The molecule has 0 aliphatic heterocycles. The third-order valence-electron chi connectivity index (χ3n) is 2.34. The Morgan fingerprint density at radius 1 is 1.39 bits per heavy atom. The summed E-state index contributed by atoms with van der Waals surface area (Å²) < 4.78 is 15.2. The number of aromatic hydroxyl groups is 1. The quantitative estimate of drug-likeness (QED) is 0.874. The molecule has 0 bridgehead atoms. The smallest absolute Gasteiger partial charge is 0.261 e. The third-order valence-corrected chi connectivity index (χ3v) is 2.34. The SMILES string of the molecule is CCOCc1noc(-c2ccc(OC)cc2O)n1. The molecule has 0 aliphatic carbocycles. The minimum absolute atomic E-state index is 0.0287. The van der Waals surface area contributed by atoms with Gasteiger partial charge in [0.2, 0.25) is 0 Å². The number of hydrogen-bond donors (Lipinski definition) is 1. The lowest BCUT2D eigenvalue weighted by molar-refractivity contribution is 0.126. The molecule has 0 radical (unpaired) electrons. The first-order valence-corrected chi connectivity index (χ1v) is 5.52. The van der Waals surface area contributed by atoms with Gasteiger partial charge in [-0.3, -0.25) is 0 Å². The van der Waals surface area contributed by atoms with Crippen LogP contribution in [0.25, 0.3) is 11.5 Å². The Kier molecular flexibility index (Phi) is 3.78. The van der Waals surface area contributed by atoms with Gasteiger partial charge >= 0.3 is 0 Å². The van der Waals surface area contributed by atoms with E-state index in [9.17, 15) is 5.11 Å². The maximum atomic E-state index is 9.82. The summed E-state index contributed by atoms with van der Waals surface area (Å²) in [5.74, 6) is 1.29. The predicted molar refractivity (Wildman–Crippen MR) is 63.3 cm³/mol. The van der Waals surface area contributed by atoms with Gasteiger partial charge in [0.05, 0.1) is 12.7 Å². The highest BCUT2D eigenvalue weighted by molar-refractivity contribution is 5.63. The molecule has 1 aromatic heterocycles. The molecule has 0 unspecified atom stereocenters. The van der Waals surface area contributed by atoms with E-state index in [1.807, 2.05) is 6.92 Å². The zero-order valence-corrected chi connectivity index (χ0v) is 10.2. The molecular weight excluding hydrogens is 236 g/mol.